The Hall–Kier alpha value is -1.33. The van der Waals surface area contributed by atoms with E-state index in [0.29, 0.717) is 10.7 Å². The van der Waals surface area contributed by atoms with E-state index in [4.69, 9.17) is 16.7 Å². The number of aliphatic hydroxyl groups excluding tert-OH is 1. The molecule has 0 aliphatic rings. The number of anilines is 1. The number of hydrogen-bond donors (Lipinski definition) is 2. The summed E-state index contributed by atoms with van der Waals surface area (Å²) in [6, 6.07) is 4.30. The molecule has 0 heterocycles. The first-order valence-electron chi connectivity index (χ1n) is 5.27. The van der Waals surface area contributed by atoms with Crippen molar-refractivity contribution >= 4 is 23.0 Å². The first-order valence-corrected chi connectivity index (χ1v) is 5.64. The molecule has 1 aromatic rings. The van der Waals surface area contributed by atoms with Crippen LogP contribution in [0.25, 0.3) is 0 Å². The van der Waals surface area contributed by atoms with E-state index < -0.39 is 4.92 Å². The van der Waals surface area contributed by atoms with Crippen molar-refractivity contribution in [3.05, 3.63) is 33.3 Å². The summed E-state index contributed by atoms with van der Waals surface area (Å²) in [4.78, 5) is 10.0. The third kappa shape index (κ3) is 3.57. The first-order chi connectivity index (χ1) is 7.95. The molecule has 1 aromatic carbocycles. The van der Waals surface area contributed by atoms with Crippen molar-refractivity contribution in [3.63, 3.8) is 0 Å². The lowest BCUT2D eigenvalue weighted by Crippen LogP contribution is -2.26. The quantitative estimate of drug-likeness (QED) is 0.629. The van der Waals surface area contributed by atoms with Crippen molar-refractivity contribution in [2.24, 2.45) is 5.92 Å². The van der Waals surface area contributed by atoms with Gasteiger partial charge >= 0.3 is 0 Å². The van der Waals surface area contributed by atoms with E-state index in [0.717, 1.165) is 0 Å². The molecule has 1 rings (SSSR count). The van der Waals surface area contributed by atoms with Gasteiger partial charge in [0.2, 0.25) is 0 Å². The Bertz CT molecular complexity index is 412. The monoisotopic (exact) mass is 258 g/mol. The second-order valence-corrected chi connectivity index (χ2v) is 4.42. The molecule has 0 spiro atoms. The lowest BCUT2D eigenvalue weighted by atomic mass is 10.0. The fraction of sp³-hybridized carbons (Fsp3) is 0.455. The first kappa shape index (κ1) is 13.7. The van der Waals surface area contributed by atoms with Crippen molar-refractivity contribution in [2.75, 3.05) is 11.9 Å². The van der Waals surface area contributed by atoms with E-state index in [2.05, 4.69) is 5.32 Å². The number of nitrogens with one attached hydrogen (secondary N) is 1. The maximum atomic E-state index is 10.5. The van der Waals surface area contributed by atoms with Crippen LogP contribution in [0.4, 0.5) is 11.4 Å². The molecule has 2 unspecified atom stereocenters. The number of nitro benzene ring substituents is 1. The van der Waals surface area contributed by atoms with Gasteiger partial charge in [0.1, 0.15) is 0 Å². The predicted molar refractivity (Wildman–Crippen MR) is 67.4 cm³/mol. The minimum atomic E-state index is -0.491. The van der Waals surface area contributed by atoms with Gasteiger partial charge in [-0.15, -0.1) is 0 Å². The van der Waals surface area contributed by atoms with Crippen LogP contribution in [0.1, 0.15) is 13.8 Å². The summed E-state index contributed by atoms with van der Waals surface area (Å²) in [6.45, 7) is 3.88. The number of halogens is 1. The second kappa shape index (κ2) is 5.84. The van der Waals surface area contributed by atoms with Crippen molar-refractivity contribution in [1.29, 1.82) is 0 Å². The number of nitrogens with zero attached hydrogens (tertiary/aromatic N) is 1. The highest BCUT2D eigenvalue weighted by Gasteiger charge is 2.14. The number of rotatable bonds is 5. The van der Waals surface area contributed by atoms with Crippen LogP contribution in [0.3, 0.4) is 0 Å². The van der Waals surface area contributed by atoms with E-state index in [1.807, 2.05) is 13.8 Å². The van der Waals surface area contributed by atoms with Crippen molar-refractivity contribution in [1.82, 2.24) is 0 Å². The smallest absolute Gasteiger partial charge is 0.271 e. The molecule has 0 saturated heterocycles. The second-order valence-electron chi connectivity index (χ2n) is 4.01. The zero-order valence-corrected chi connectivity index (χ0v) is 10.4. The number of hydrogen-bond acceptors (Lipinski definition) is 4. The van der Waals surface area contributed by atoms with Crippen LogP contribution in [0.15, 0.2) is 18.2 Å². The van der Waals surface area contributed by atoms with Crippen LogP contribution in [-0.2, 0) is 0 Å². The van der Waals surface area contributed by atoms with Crippen LogP contribution in [0, 0.1) is 16.0 Å². The Balaban J connectivity index is 2.82. The van der Waals surface area contributed by atoms with E-state index in [1.165, 1.54) is 12.1 Å². The van der Waals surface area contributed by atoms with Gasteiger partial charge in [-0.05, 0) is 18.9 Å². The minimum absolute atomic E-state index is 0.0268. The zero-order valence-electron chi connectivity index (χ0n) is 9.68. The maximum Gasteiger partial charge on any atom is 0.271 e. The van der Waals surface area contributed by atoms with Gasteiger partial charge in [0.15, 0.2) is 0 Å². The molecular weight excluding hydrogens is 244 g/mol. The molecule has 5 nitrogen and oxygen atoms in total. The van der Waals surface area contributed by atoms with Crippen LogP contribution < -0.4 is 5.32 Å². The molecule has 0 aliphatic heterocycles. The van der Waals surface area contributed by atoms with Crippen molar-refractivity contribution in [3.8, 4) is 0 Å². The van der Waals surface area contributed by atoms with Gasteiger partial charge in [-0.2, -0.15) is 0 Å². The third-order valence-electron chi connectivity index (χ3n) is 2.69. The van der Waals surface area contributed by atoms with Crippen LogP contribution in [-0.4, -0.2) is 22.7 Å². The Labute approximate surface area is 105 Å². The molecular formula is C11H15ClN2O3. The molecule has 6 heteroatoms. The van der Waals surface area contributed by atoms with Gasteiger partial charge in [-0.25, -0.2) is 0 Å². The average molecular weight is 259 g/mol. The van der Waals surface area contributed by atoms with Crippen molar-refractivity contribution < 1.29 is 10.0 Å². The van der Waals surface area contributed by atoms with Gasteiger partial charge in [0.25, 0.3) is 5.69 Å². The highest BCUT2D eigenvalue weighted by molar-refractivity contribution is 6.33. The standard InChI is InChI=1S/C11H15ClN2O3/c1-7(6-15)8(2)13-11-4-3-9(14(16)17)5-10(11)12/h3-5,7-8,13,15H,6H2,1-2H3. The molecule has 0 fully saturated rings. The Kier molecular flexibility index (Phi) is 4.72. The third-order valence-corrected chi connectivity index (χ3v) is 3.00. The summed E-state index contributed by atoms with van der Waals surface area (Å²) in [5, 5.41) is 23.0. The number of nitro groups is 1. The van der Waals surface area contributed by atoms with E-state index in [-0.39, 0.29) is 24.3 Å². The topological polar surface area (TPSA) is 75.4 Å². The molecule has 0 aliphatic carbocycles. The molecule has 2 atom stereocenters. The summed E-state index contributed by atoms with van der Waals surface area (Å²) < 4.78 is 0. The summed E-state index contributed by atoms with van der Waals surface area (Å²) in [5.41, 5.74) is 0.591. The molecule has 0 bridgehead atoms. The van der Waals surface area contributed by atoms with E-state index >= 15 is 0 Å². The van der Waals surface area contributed by atoms with Gasteiger partial charge < -0.3 is 10.4 Å². The average Bonchev–Trinajstić information content (AvgIpc) is 2.30. The van der Waals surface area contributed by atoms with E-state index in [9.17, 15) is 10.1 Å². The number of aliphatic hydroxyl groups is 1. The molecule has 0 saturated carbocycles. The maximum absolute atomic E-state index is 10.5. The summed E-state index contributed by atoms with van der Waals surface area (Å²) in [5.74, 6) is 0.0706. The minimum Gasteiger partial charge on any atom is -0.396 e. The Morgan fingerprint density at radius 1 is 1.53 bits per heavy atom. The van der Waals surface area contributed by atoms with Crippen LogP contribution in [0.5, 0.6) is 0 Å². The van der Waals surface area contributed by atoms with Gasteiger partial charge in [0, 0.05) is 24.8 Å². The lowest BCUT2D eigenvalue weighted by molar-refractivity contribution is -0.384. The van der Waals surface area contributed by atoms with Crippen LogP contribution >= 0.6 is 11.6 Å². The fourth-order valence-corrected chi connectivity index (χ4v) is 1.51. The number of benzene rings is 1. The number of non-ortho nitro benzene ring substituents is 1. The van der Waals surface area contributed by atoms with Crippen LogP contribution in [0.2, 0.25) is 5.02 Å². The van der Waals surface area contributed by atoms with Gasteiger partial charge in [-0.1, -0.05) is 18.5 Å². The Morgan fingerprint density at radius 2 is 2.18 bits per heavy atom. The SMILES string of the molecule is CC(CO)C(C)Nc1ccc([N+](=O)[O-])cc1Cl. The summed E-state index contributed by atoms with van der Waals surface area (Å²) in [7, 11) is 0. The highest BCUT2D eigenvalue weighted by Crippen LogP contribution is 2.27. The zero-order chi connectivity index (χ0) is 13.0. The fourth-order valence-electron chi connectivity index (χ4n) is 1.28. The molecule has 2 N–H and O–H groups in total. The summed E-state index contributed by atoms with van der Waals surface area (Å²) in [6.07, 6.45) is 0. The largest absolute Gasteiger partial charge is 0.396 e. The molecule has 0 radical (unpaired) electrons. The highest BCUT2D eigenvalue weighted by atomic mass is 35.5. The Morgan fingerprint density at radius 3 is 2.65 bits per heavy atom. The lowest BCUT2D eigenvalue weighted by Gasteiger charge is -2.21. The summed E-state index contributed by atoms with van der Waals surface area (Å²) >= 11 is 5.94. The molecule has 17 heavy (non-hydrogen) atoms. The van der Waals surface area contributed by atoms with E-state index in [1.54, 1.807) is 6.07 Å². The van der Waals surface area contributed by atoms with Crippen molar-refractivity contribution in [2.45, 2.75) is 19.9 Å². The van der Waals surface area contributed by atoms with Gasteiger partial charge in [0.05, 0.1) is 15.6 Å². The normalized spacial score (nSPS) is 14.1. The van der Waals surface area contributed by atoms with Gasteiger partial charge in [-0.3, -0.25) is 10.1 Å². The molecule has 0 amide bonds. The molecule has 94 valence electrons. The predicted octanol–water partition coefficient (Wildman–Crippen LogP) is 2.68. The molecule has 0 aromatic heterocycles.